The predicted molar refractivity (Wildman–Crippen MR) is 81.7 cm³/mol. The van der Waals surface area contributed by atoms with Gasteiger partial charge < -0.3 is 5.32 Å². The molecule has 2 fully saturated rings. The second-order valence-corrected chi connectivity index (χ2v) is 6.75. The fourth-order valence-corrected chi connectivity index (χ4v) is 3.80. The molecule has 0 amide bonds. The van der Waals surface area contributed by atoms with Crippen LogP contribution in [0.4, 0.5) is 0 Å². The van der Waals surface area contributed by atoms with Crippen LogP contribution in [0.15, 0.2) is 12.4 Å². The molecular weight excluding hydrogens is 248 g/mol. The van der Waals surface area contributed by atoms with Crippen molar-refractivity contribution in [3.8, 4) is 0 Å². The molecule has 1 aromatic rings. The van der Waals surface area contributed by atoms with Crippen LogP contribution in [-0.4, -0.2) is 39.4 Å². The van der Waals surface area contributed by atoms with E-state index in [1.807, 2.05) is 6.20 Å². The number of nitrogens with one attached hydrogen (secondary N) is 1. The Labute approximate surface area is 122 Å². The first-order valence-corrected chi connectivity index (χ1v) is 8.18. The Morgan fingerprint density at radius 1 is 1.35 bits per heavy atom. The lowest BCUT2D eigenvalue weighted by molar-refractivity contribution is 0.140. The van der Waals surface area contributed by atoms with E-state index in [0.29, 0.717) is 6.04 Å². The number of hydrogen-bond donors (Lipinski definition) is 1. The second-order valence-electron chi connectivity index (χ2n) is 6.75. The van der Waals surface area contributed by atoms with Gasteiger partial charge in [0.25, 0.3) is 0 Å². The van der Waals surface area contributed by atoms with Gasteiger partial charge in [-0.15, -0.1) is 0 Å². The van der Waals surface area contributed by atoms with Crippen LogP contribution in [0, 0.1) is 0 Å². The number of hydrogen-bond acceptors (Lipinski definition) is 3. The molecule has 0 radical (unpaired) electrons. The standard InChI is InChI=1S/C16H28N4/c1-4-19(10-13-9-17-20(11-13)12(2)3)16-7-14-5-6-15(8-16)18-14/h9,11-12,14-16,18H,4-8,10H2,1-3H3. The average Bonchev–Trinajstić information content (AvgIpc) is 3.03. The van der Waals surface area contributed by atoms with E-state index in [1.165, 1.54) is 31.2 Å². The highest BCUT2D eigenvalue weighted by Gasteiger charge is 2.35. The van der Waals surface area contributed by atoms with Gasteiger partial charge in [0, 0.05) is 42.5 Å². The molecule has 4 heteroatoms. The van der Waals surface area contributed by atoms with E-state index >= 15 is 0 Å². The summed E-state index contributed by atoms with van der Waals surface area (Å²) in [4.78, 5) is 2.65. The van der Waals surface area contributed by atoms with E-state index in [2.05, 4.69) is 47.0 Å². The molecule has 2 bridgehead atoms. The molecule has 1 aromatic heterocycles. The largest absolute Gasteiger partial charge is 0.311 e. The first-order valence-electron chi connectivity index (χ1n) is 8.18. The summed E-state index contributed by atoms with van der Waals surface area (Å²) in [6.45, 7) is 8.83. The van der Waals surface area contributed by atoms with Crippen LogP contribution in [0.25, 0.3) is 0 Å². The molecule has 3 rings (SSSR count). The van der Waals surface area contributed by atoms with E-state index in [4.69, 9.17) is 0 Å². The molecule has 2 aliphatic rings. The van der Waals surface area contributed by atoms with Crippen LogP contribution in [-0.2, 0) is 6.54 Å². The average molecular weight is 276 g/mol. The summed E-state index contributed by atoms with van der Waals surface area (Å²) in [5.74, 6) is 0. The Balaban J connectivity index is 1.64. The van der Waals surface area contributed by atoms with Crippen LogP contribution in [0.5, 0.6) is 0 Å². The highest BCUT2D eigenvalue weighted by Crippen LogP contribution is 2.30. The van der Waals surface area contributed by atoms with Crippen molar-refractivity contribution < 1.29 is 0 Å². The first-order chi connectivity index (χ1) is 9.65. The Morgan fingerprint density at radius 3 is 2.60 bits per heavy atom. The lowest BCUT2D eigenvalue weighted by Crippen LogP contribution is -2.47. The van der Waals surface area contributed by atoms with Gasteiger partial charge in [0.15, 0.2) is 0 Å². The Kier molecular flexibility index (Phi) is 4.13. The third kappa shape index (κ3) is 2.91. The summed E-state index contributed by atoms with van der Waals surface area (Å²) >= 11 is 0. The maximum Gasteiger partial charge on any atom is 0.0534 e. The zero-order valence-electron chi connectivity index (χ0n) is 13.0. The summed E-state index contributed by atoms with van der Waals surface area (Å²) in [5.41, 5.74) is 1.35. The smallest absolute Gasteiger partial charge is 0.0534 e. The van der Waals surface area contributed by atoms with Gasteiger partial charge in [-0.05, 0) is 46.1 Å². The molecule has 3 heterocycles. The summed E-state index contributed by atoms with van der Waals surface area (Å²) in [7, 11) is 0. The lowest BCUT2D eigenvalue weighted by atomic mass is 9.98. The van der Waals surface area contributed by atoms with Crippen LogP contribution >= 0.6 is 0 Å². The van der Waals surface area contributed by atoms with E-state index in [0.717, 1.165) is 31.2 Å². The predicted octanol–water partition coefficient (Wildman–Crippen LogP) is 2.57. The lowest BCUT2D eigenvalue weighted by Gasteiger charge is -2.37. The number of nitrogens with zero attached hydrogens (tertiary/aromatic N) is 3. The maximum atomic E-state index is 4.47. The highest BCUT2D eigenvalue weighted by molar-refractivity contribution is 5.05. The zero-order chi connectivity index (χ0) is 14.1. The van der Waals surface area contributed by atoms with Gasteiger partial charge in [-0.1, -0.05) is 6.92 Å². The number of rotatable bonds is 5. The van der Waals surface area contributed by atoms with Crippen LogP contribution in [0.3, 0.4) is 0 Å². The minimum Gasteiger partial charge on any atom is -0.311 e. The second kappa shape index (κ2) is 5.86. The van der Waals surface area contributed by atoms with Crippen molar-refractivity contribution in [3.05, 3.63) is 18.0 Å². The third-order valence-electron chi connectivity index (χ3n) is 4.94. The monoisotopic (exact) mass is 276 g/mol. The van der Waals surface area contributed by atoms with Gasteiger partial charge in [0.1, 0.15) is 0 Å². The normalized spacial score (nSPS) is 29.6. The zero-order valence-corrected chi connectivity index (χ0v) is 13.0. The molecule has 2 atom stereocenters. The van der Waals surface area contributed by atoms with Gasteiger partial charge in [0.05, 0.1) is 6.20 Å². The summed E-state index contributed by atoms with van der Waals surface area (Å²) < 4.78 is 2.06. The molecule has 0 aromatic carbocycles. The molecule has 4 nitrogen and oxygen atoms in total. The third-order valence-corrected chi connectivity index (χ3v) is 4.94. The van der Waals surface area contributed by atoms with Crippen molar-refractivity contribution in [2.45, 2.75) is 77.2 Å². The van der Waals surface area contributed by atoms with Gasteiger partial charge in [-0.25, -0.2) is 0 Å². The van der Waals surface area contributed by atoms with Crippen molar-refractivity contribution in [2.75, 3.05) is 6.54 Å². The minimum absolute atomic E-state index is 0.452. The quantitative estimate of drug-likeness (QED) is 0.897. The number of fused-ring (bicyclic) bond motifs is 2. The molecule has 1 N–H and O–H groups in total. The fourth-order valence-electron chi connectivity index (χ4n) is 3.80. The van der Waals surface area contributed by atoms with Gasteiger partial charge in [0.2, 0.25) is 0 Å². The van der Waals surface area contributed by atoms with E-state index in [-0.39, 0.29) is 0 Å². The topological polar surface area (TPSA) is 33.1 Å². The van der Waals surface area contributed by atoms with Crippen molar-refractivity contribution in [2.24, 2.45) is 0 Å². The molecule has 20 heavy (non-hydrogen) atoms. The number of aromatic nitrogens is 2. The summed E-state index contributed by atoms with van der Waals surface area (Å²) in [6, 6.07) is 2.74. The highest BCUT2D eigenvalue weighted by atomic mass is 15.3. The number of piperidine rings is 1. The Hall–Kier alpha value is -0.870. The van der Waals surface area contributed by atoms with Crippen molar-refractivity contribution >= 4 is 0 Å². The first kappa shape index (κ1) is 14.1. The molecule has 112 valence electrons. The van der Waals surface area contributed by atoms with Gasteiger partial charge >= 0.3 is 0 Å². The molecule has 2 saturated heterocycles. The van der Waals surface area contributed by atoms with Crippen molar-refractivity contribution in [1.82, 2.24) is 20.0 Å². The van der Waals surface area contributed by atoms with Crippen molar-refractivity contribution in [3.63, 3.8) is 0 Å². The summed E-state index contributed by atoms with van der Waals surface area (Å²) in [5, 5.41) is 8.21. The molecule has 2 aliphatic heterocycles. The van der Waals surface area contributed by atoms with E-state index in [1.54, 1.807) is 0 Å². The molecular formula is C16H28N4. The minimum atomic E-state index is 0.452. The van der Waals surface area contributed by atoms with Crippen molar-refractivity contribution in [1.29, 1.82) is 0 Å². The van der Waals surface area contributed by atoms with Crippen LogP contribution in [0.1, 0.15) is 58.1 Å². The SMILES string of the molecule is CCN(Cc1cnn(C(C)C)c1)C1CC2CCC(C1)N2. The summed E-state index contributed by atoms with van der Waals surface area (Å²) in [6.07, 6.45) is 9.65. The Bertz CT molecular complexity index is 427. The molecule has 2 unspecified atom stereocenters. The van der Waals surface area contributed by atoms with Crippen LogP contribution < -0.4 is 5.32 Å². The van der Waals surface area contributed by atoms with Gasteiger partial charge in [-0.2, -0.15) is 5.10 Å². The maximum absolute atomic E-state index is 4.47. The molecule has 0 saturated carbocycles. The fraction of sp³-hybridized carbons (Fsp3) is 0.812. The van der Waals surface area contributed by atoms with Gasteiger partial charge in [-0.3, -0.25) is 9.58 Å². The van der Waals surface area contributed by atoms with E-state index < -0.39 is 0 Å². The molecule has 0 spiro atoms. The Morgan fingerprint density at radius 2 is 2.05 bits per heavy atom. The molecule has 0 aliphatic carbocycles. The van der Waals surface area contributed by atoms with Crippen LogP contribution in [0.2, 0.25) is 0 Å². The van der Waals surface area contributed by atoms with E-state index in [9.17, 15) is 0 Å².